The molecule has 0 saturated heterocycles. The lowest BCUT2D eigenvalue weighted by atomic mass is 9.81. The van der Waals surface area contributed by atoms with Crippen LogP contribution in [0.1, 0.15) is 23.7 Å². The first-order chi connectivity index (χ1) is 14.9. The van der Waals surface area contributed by atoms with E-state index in [-0.39, 0.29) is 18.0 Å². The van der Waals surface area contributed by atoms with Crippen molar-refractivity contribution >= 4 is 18.2 Å². The summed E-state index contributed by atoms with van der Waals surface area (Å²) in [4.78, 5) is 22.1. The average Bonchev–Trinajstić information content (AvgIpc) is 2.76. The van der Waals surface area contributed by atoms with Crippen LogP contribution in [0.2, 0.25) is 0 Å². The second-order valence-corrected chi connectivity index (χ2v) is 7.28. The summed E-state index contributed by atoms with van der Waals surface area (Å²) in [5.41, 5.74) is 1.62. The van der Waals surface area contributed by atoms with E-state index in [1.807, 2.05) is 48.6 Å². The SMILES string of the molecule is O=CNc1cc([C@@H](O)CNCC2=CC(NC(=O)O)(c3ccccc3)CC=C2)ccc1O. The van der Waals surface area contributed by atoms with E-state index >= 15 is 0 Å². The van der Waals surface area contributed by atoms with Gasteiger partial charge in [0.1, 0.15) is 5.75 Å². The fourth-order valence-electron chi connectivity index (χ4n) is 3.63. The number of carbonyl (C=O) groups is 2. The Morgan fingerprint density at radius 3 is 2.68 bits per heavy atom. The standard InChI is InChI=1S/C23H25N3O5/c27-15-25-19-11-17(8-9-20(19)28)21(29)14-24-13-16-5-4-10-23(12-16,26-22(30)31)18-6-2-1-3-7-18/h1-9,11-12,15,21,24,26,28-29H,10,13-14H2,(H,25,27)(H,30,31)/t21-,23?/m0/s1. The van der Waals surface area contributed by atoms with Gasteiger partial charge in [-0.2, -0.15) is 0 Å². The summed E-state index contributed by atoms with van der Waals surface area (Å²) in [5.74, 6) is -0.0864. The molecule has 2 aromatic rings. The lowest BCUT2D eigenvalue weighted by molar-refractivity contribution is -0.105. The number of rotatable bonds is 9. The number of phenolic OH excluding ortho intramolecular Hbond substituents is 1. The normalized spacial score (nSPS) is 18.7. The van der Waals surface area contributed by atoms with Crippen molar-refractivity contribution in [3.8, 4) is 5.75 Å². The van der Waals surface area contributed by atoms with Gasteiger partial charge in [0.25, 0.3) is 0 Å². The van der Waals surface area contributed by atoms with Crippen molar-refractivity contribution in [2.45, 2.75) is 18.1 Å². The number of carboxylic acid groups (broad SMARTS) is 1. The molecule has 0 saturated carbocycles. The lowest BCUT2D eigenvalue weighted by Gasteiger charge is -2.33. The highest BCUT2D eigenvalue weighted by Crippen LogP contribution is 2.32. The summed E-state index contributed by atoms with van der Waals surface area (Å²) in [7, 11) is 0. The van der Waals surface area contributed by atoms with Gasteiger partial charge >= 0.3 is 6.09 Å². The molecule has 1 aliphatic carbocycles. The first kappa shape index (κ1) is 22.1. The monoisotopic (exact) mass is 423 g/mol. The summed E-state index contributed by atoms with van der Waals surface area (Å²) < 4.78 is 0. The van der Waals surface area contributed by atoms with Crippen molar-refractivity contribution in [3.63, 3.8) is 0 Å². The Morgan fingerprint density at radius 2 is 1.97 bits per heavy atom. The number of benzene rings is 2. The molecule has 0 fully saturated rings. The van der Waals surface area contributed by atoms with Gasteiger partial charge in [-0.3, -0.25) is 4.79 Å². The van der Waals surface area contributed by atoms with Gasteiger partial charge in [0.05, 0.1) is 17.3 Å². The van der Waals surface area contributed by atoms with Crippen LogP contribution in [0.25, 0.3) is 0 Å². The number of amides is 2. The Balaban J connectivity index is 1.69. The second-order valence-electron chi connectivity index (χ2n) is 7.28. The maximum absolute atomic E-state index is 11.5. The van der Waals surface area contributed by atoms with Crippen molar-refractivity contribution in [1.82, 2.24) is 10.6 Å². The van der Waals surface area contributed by atoms with Crippen molar-refractivity contribution in [1.29, 1.82) is 0 Å². The van der Waals surface area contributed by atoms with Gasteiger partial charge in [-0.25, -0.2) is 4.79 Å². The van der Waals surface area contributed by atoms with Crippen LogP contribution in [0.15, 0.2) is 72.3 Å². The van der Waals surface area contributed by atoms with Crippen molar-refractivity contribution in [2.24, 2.45) is 0 Å². The van der Waals surface area contributed by atoms with Crippen molar-refractivity contribution < 1.29 is 24.9 Å². The van der Waals surface area contributed by atoms with E-state index in [0.717, 1.165) is 11.1 Å². The van der Waals surface area contributed by atoms with Crippen LogP contribution in [-0.4, -0.2) is 40.9 Å². The zero-order valence-electron chi connectivity index (χ0n) is 16.8. The van der Waals surface area contributed by atoms with E-state index in [1.165, 1.54) is 12.1 Å². The van der Waals surface area contributed by atoms with Crippen LogP contribution >= 0.6 is 0 Å². The van der Waals surface area contributed by atoms with Gasteiger partial charge in [-0.1, -0.05) is 48.6 Å². The van der Waals surface area contributed by atoms with E-state index < -0.39 is 17.7 Å². The predicted molar refractivity (Wildman–Crippen MR) is 117 cm³/mol. The molecule has 3 rings (SSSR count). The number of hydrogen-bond acceptors (Lipinski definition) is 5. The third-order valence-corrected chi connectivity index (χ3v) is 5.11. The Morgan fingerprint density at radius 1 is 1.19 bits per heavy atom. The van der Waals surface area contributed by atoms with Gasteiger partial charge in [-0.05, 0) is 41.3 Å². The van der Waals surface area contributed by atoms with Crippen LogP contribution < -0.4 is 16.0 Å². The molecule has 2 amide bonds. The van der Waals surface area contributed by atoms with Crippen molar-refractivity contribution in [3.05, 3.63) is 83.5 Å². The summed E-state index contributed by atoms with van der Waals surface area (Å²) in [5, 5.41) is 37.7. The molecule has 2 aromatic carbocycles. The van der Waals surface area contributed by atoms with Gasteiger partial charge in [0.15, 0.2) is 0 Å². The Labute approximate surface area is 179 Å². The molecular weight excluding hydrogens is 398 g/mol. The third-order valence-electron chi connectivity index (χ3n) is 5.11. The highest BCUT2D eigenvalue weighted by atomic mass is 16.4. The number of hydrogen-bond donors (Lipinski definition) is 6. The molecule has 6 N–H and O–H groups in total. The van der Waals surface area contributed by atoms with Crippen LogP contribution in [0.3, 0.4) is 0 Å². The number of carbonyl (C=O) groups excluding carboxylic acids is 1. The molecule has 31 heavy (non-hydrogen) atoms. The Bertz CT molecular complexity index is 990. The van der Waals surface area contributed by atoms with Gasteiger partial charge in [0, 0.05) is 13.1 Å². The van der Waals surface area contributed by atoms with E-state index in [1.54, 1.807) is 6.07 Å². The molecule has 0 aromatic heterocycles. The van der Waals surface area contributed by atoms with Gasteiger partial charge in [0.2, 0.25) is 6.41 Å². The Kier molecular flexibility index (Phi) is 7.07. The highest BCUT2D eigenvalue weighted by molar-refractivity contribution is 5.75. The minimum absolute atomic E-state index is 0.0864. The molecule has 0 heterocycles. The predicted octanol–water partition coefficient (Wildman–Crippen LogP) is 2.63. The number of aliphatic hydroxyl groups excluding tert-OH is 1. The van der Waals surface area contributed by atoms with Crippen LogP contribution in [0.4, 0.5) is 10.5 Å². The number of phenols is 1. The maximum Gasteiger partial charge on any atom is 0.405 e. The minimum Gasteiger partial charge on any atom is -0.506 e. The topological polar surface area (TPSA) is 131 Å². The first-order valence-electron chi connectivity index (χ1n) is 9.80. The quantitative estimate of drug-likeness (QED) is 0.272. The van der Waals surface area contributed by atoms with E-state index in [0.29, 0.717) is 24.9 Å². The zero-order valence-corrected chi connectivity index (χ0v) is 16.8. The molecule has 2 atom stereocenters. The molecule has 1 unspecified atom stereocenters. The highest BCUT2D eigenvalue weighted by Gasteiger charge is 2.32. The van der Waals surface area contributed by atoms with Gasteiger partial charge in [-0.15, -0.1) is 0 Å². The molecular formula is C23H25N3O5. The van der Waals surface area contributed by atoms with E-state index in [2.05, 4.69) is 16.0 Å². The first-order valence-corrected chi connectivity index (χ1v) is 9.80. The summed E-state index contributed by atoms with van der Waals surface area (Å²) >= 11 is 0. The van der Waals surface area contributed by atoms with Crippen LogP contribution in [-0.2, 0) is 10.3 Å². The fraction of sp³-hybridized carbons (Fsp3) is 0.217. The molecule has 8 nitrogen and oxygen atoms in total. The second kappa shape index (κ2) is 9.92. The molecule has 0 radical (unpaired) electrons. The fourth-order valence-corrected chi connectivity index (χ4v) is 3.63. The van der Waals surface area contributed by atoms with Crippen LogP contribution in [0.5, 0.6) is 5.75 Å². The molecule has 0 bridgehead atoms. The lowest BCUT2D eigenvalue weighted by Crippen LogP contribution is -2.45. The van der Waals surface area contributed by atoms with Gasteiger partial charge < -0.3 is 31.3 Å². The number of aromatic hydroxyl groups is 1. The minimum atomic E-state index is -1.11. The summed E-state index contributed by atoms with van der Waals surface area (Å²) in [6, 6.07) is 13.9. The Hall–Kier alpha value is -3.62. The van der Waals surface area contributed by atoms with E-state index in [9.17, 15) is 24.9 Å². The number of aliphatic hydroxyl groups is 1. The molecule has 0 aliphatic heterocycles. The average molecular weight is 423 g/mol. The summed E-state index contributed by atoms with van der Waals surface area (Å²) in [6.45, 7) is 0.641. The molecule has 1 aliphatic rings. The van der Waals surface area contributed by atoms with Crippen LogP contribution in [0, 0.1) is 0 Å². The largest absolute Gasteiger partial charge is 0.506 e. The maximum atomic E-state index is 11.5. The van der Waals surface area contributed by atoms with E-state index in [4.69, 9.17) is 0 Å². The number of nitrogens with one attached hydrogen (secondary N) is 3. The zero-order chi connectivity index (χ0) is 22.3. The smallest absolute Gasteiger partial charge is 0.405 e. The summed E-state index contributed by atoms with van der Waals surface area (Å²) in [6.07, 6.45) is 4.72. The van der Waals surface area contributed by atoms with Crippen molar-refractivity contribution in [2.75, 3.05) is 18.4 Å². The third kappa shape index (κ3) is 5.50. The molecule has 0 spiro atoms. The number of anilines is 1. The molecule has 8 heteroatoms. The molecule has 162 valence electrons.